The summed E-state index contributed by atoms with van der Waals surface area (Å²) in [6.07, 6.45) is 1.88. The topological polar surface area (TPSA) is 127 Å². The standard InChI is InChI=1S/C19H29N5O6/c1-23-11-12(9-22-23)8-20-16(25)7-13-6-14-18(29-13)17(26)15(30-14)10-21-19(27)24-2-4-28-5-3-24/h9,11,13-15,17-18,26H,2-8,10H2,1H3,(H,20,25)(H,21,27). The minimum absolute atomic E-state index is 0.118. The molecule has 0 radical (unpaired) electrons. The van der Waals surface area contributed by atoms with Crippen molar-refractivity contribution in [2.24, 2.45) is 7.05 Å². The molecule has 11 nitrogen and oxygen atoms in total. The van der Waals surface area contributed by atoms with E-state index in [2.05, 4.69) is 15.7 Å². The van der Waals surface area contributed by atoms with Crippen LogP contribution < -0.4 is 10.6 Å². The first-order chi connectivity index (χ1) is 14.5. The third kappa shape index (κ3) is 4.91. The highest BCUT2D eigenvalue weighted by Gasteiger charge is 2.50. The number of rotatable bonds is 6. The van der Waals surface area contributed by atoms with Crippen molar-refractivity contribution in [2.75, 3.05) is 32.8 Å². The number of morpholine rings is 1. The zero-order valence-electron chi connectivity index (χ0n) is 17.0. The lowest BCUT2D eigenvalue weighted by atomic mass is 10.1. The van der Waals surface area contributed by atoms with E-state index >= 15 is 0 Å². The van der Waals surface area contributed by atoms with Crippen LogP contribution in [0.15, 0.2) is 12.4 Å². The number of carbonyl (C=O) groups is 2. The Morgan fingerprint density at radius 2 is 2.07 bits per heavy atom. The molecule has 5 unspecified atom stereocenters. The van der Waals surface area contributed by atoms with E-state index in [1.807, 2.05) is 13.2 Å². The van der Waals surface area contributed by atoms with Gasteiger partial charge in [-0.3, -0.25) is 9.48 Å². The Morgan fingerprint density at radius 3 is 2.77 bits per heavy atom. The van der Waals surface area contributed by atoms with E-state index in [1.165, 1.54) is 0 Å². The molecular weight excluding hydrogens is 394 g/mol. The Balaban J connectivity index is 1.18. The van der Waals surface area contributed by atoms with Crippen LogP contribution in [0.25, 0.3) is 0 Å². The molecule has 0 aromatic carbocycles. The van der Waals surface area contributed by atoms with Crippen molar-refractivity contribution in [2.45, 2.75) is 49.9 Å². The van der Waals surface area contributed by atoms with Gasteiger partial charge in [0.2, 0.25) is 5.91 Å². The molecule has 3 aliphatic heterocycles. The van der Waals surface area contributed by atoms with Crippen molar-refractivity contribution in [1.29, 1.82) is 0 Å². The molecule has 3 amide bonds. The maximum Gasteiger partial charge on any atom is 0.317 e. The lowest BCUT2D eigenvalue weighted by Crippen LogP contribution is -2.49. The van der Waals surface area contributed by atoms with Gasteiger partial charge in [-0.15, -0.1) is 0 Å². The fourth-order valence-electron chi connectivity index (χ4n) is 4.12. The van der Waals surface area contributed by atoms with Crippen molar-refractivity contribution in [3.8, 4) is 0 Å². The van der Waals surface area contributed by atoms with Crippen LogP contribution in [0, 0.1) is 0 Å². The lowest BCUT2D eigenvalue weighted by molar-refractivity contribution is -0.124. The molecule has 30 heavy (non-hydrogen) atoms. The van der Waals surface area contributed by atoms with Gasteiger partial charge in [0.1, 0.15) is 18.3 Å². The molecule has 0 saturated carbocycles. The van der Waals surface area contributed by atoms with Gasteiger partial charge in [-0.1, -0.05) is 0 Å². The summed E-state index contributed by atoms with van der Waals surface area (Å²) >= 11 is 0. The van der Waals surface area contributed by atoms with Crippen LogP contribution in [-0.4, -0.2) is 95.1 Å². The number of ether oxygens (including phenoxy) is 3. The lowest BCUT2D eigenvalue weighted by Gasteiger charge is -2.28. The first-order valence-electron chi connectivity index (χ1n) is 10.3. The Kier molecular flexibility index (Phi) is 6.52. The molecule has 0 aliphatic carbocycles. The molecule has 11 heteroatoms. The second-order valence-corrected chi connectivity index (χ2v) is 7.95. The van der Waals surface area contributed by atoms with Gasteiger partial charge in [-0.25, -0.2) is 4.79 Å². The number of aryl methyl sites for hydroxylation is 1. The minimum atomic E-state index is -0.844. The maximum atomic E-state index is 12.2. The largest absolute Gasteiger partial charge is 0.388 e. The van der Waals surface area contributed by atoms with Gasteiger partial charge >= 0.3 is 6.03 Å². The first-order valence-corrected chi connectivity index (χ1v) is 10.3. The Morgan fingerprint density at radius 1 is 1.27 bits per heavy atom. The number of hydrogen-bond donors (Lipinski definition) is 3. The third-order valence-electron chi connectivity index (χ3n) is 5.69. The smallest absolute Gasteiger partial charge is 0.317 e. The zero-order chi connectivity index (χ0) is 21.1. The average molecular weight is 423 g/mol. The molecule has 3 N–H and O–H groups in total. The normalized spacial score (nSPS) is 30.9. The summed E-state index contributed by atoms with van der Waals surface area (Å²) in [7, 11) is 1.82. The fraction of sp³-hybridized carbons (Fsp3) is 0.737. The molecule has 166 valence electrons. The van der Waals surface area contributed by atoms with E-state index in [1.54, 1.807) is 15.8 Å². The van der Waals surface area contributed by atoms with E-state index in [9.17, 15) is 14.7 Å². The van der Waals surface area contributed by atoms with Crippen LogP contribution in [0.1, 0.15) is 18.4 Å². The van der Waals surface area contributed by atoms with Gasteiger partial charge in [0.05, 0.1) is 38.0 Å². The first kappa shape index (κ1) is 21.0. The molecule has 5 atom stereocenters. The van der Waals surface area contributed by atoms with Crippen LogP contribution in [0.4, 0.5) is 4.79 Å². The monoisotopic (exact) mass is 423 g/mol. The number of fused-ring (bicyclic) bond motifs is 1. The van der Waals surface area contributed by atoms with E-state index in [-0.39, 0.29) is 37.1 Å². The van der Waals surface area contributed by atoms with Gasteiger partial charge in [0, 0.05) is 51.4 Å². The second-order valence-electron chi connectivity index (χ2n) is 7.95. The van der Waals surface area contributed by atoms with Crippen LogP contribution in [-0.2, 0) is 32.6 Å². The molecular formula is C19H29N5O6. The molecule has 0 spiro atoms. The summed E-state index contributed by atoms with van der Waals surface area (Å²) in [6, 6.07) is -0.185. The van der Waals surface area contributed by atoms with E-state index in [4.69, 9.17) is 14.2 Å². The molecule has 3 aliphatic rings. The molecule has 3 saturated heterocycles. The third-order valence-corrected chi connectivity index (χ3v) is 5.69. The second kappa shape index (κ2) is 9.29. The van der Waals surface area contributed by atoms with Gasteiger partial charge in [-0.2, -0.15) is 5.10 Å². The summed E-state index contributed by atoms with van der Waals surface area (Å²) < 4.78 is 18.7. The van der Waals surface area contributed by atoms with E-state index in [0.29, 0.717) is 39.3 Å². The number of aliphatic hydroxyl groups excluding tert-OH is 1. The van der Waals surface area contributed by atoms with Gasteiger partial charge in [0.15, 0.2) is 0 Å². The summed E-state index contributed by atoms with van der Waals surface area (Å²) in [5.74, 6) is -0.118. The predicted molar refractivity (Wildman–Crippen MR) is 103 cm³/mol. The van der Waals surface area contributed by atoms with Crippen LogP contribution in [0.3, 0.4) is 0 Å². The number of nitrogens with zero attached hydrogens (tertiary/aromatic N) is 3. The highest BCUT2D eigenvalue weighted by molar-refractivity contribution is 5.76. The summed E-state index contributed by atoms with van der Waals surface area (Å²) in [4.78, 5) is 26.1. The fourth-order valence-corrected chi connectivity index (χ4v) is 4.12. The summed E-state index contributed by atoms with van der Waals surface area (Å²) in [5.41, 5.74) is 0.927. The number of urea groups is 1. The van der Waals surface area contributed by atoms with Crippen LogP contribution >= 0.6 is 0 Å². The van der Waals surface area contributed by atoms with Crippen molar-refractivity contribution < 1.29 is 28.9 Å². The number of carbonyl (C=O) groups excluding carboxylic acids is 2. The molecule has 1 aromatic heterocycles. The zero-order valence-corrected chi connectivity index (χ0v) is 17.0. The maximum absolute atomic E-state index is 12.2. The predicted octanol–water partition coefficient (Wildman–Crippen LogP) is -1.25. The SMILES string of the molecule is Cn1cc(CNC(=O)CC2CC3OC(CNC(=O)N4CCOCC4)C(O)C3O2)cn1. The molecule has 0 bridgehead atoms. The van der Waals surface area contributed by atoms with Gasteiger partial charge in [-0.05, 0) is 0 Å². The minimum Gasteiger partial charge on any atom is -0.388 e. The number of nitrogens with one attached hydrogen (secondary N) is 2. The quantitative estimate of drug-likeness (QED) is 0.522. The number of aromatic nitrogens is 2. The van der Waals surface area contributed by atoms with Gasteiger partial charge in [0.25, 0.3) is 0 Å². The molecule has 4 rings (SSSR count). The van der Waals surface area contributed by atoms with Crippen LogP contribution in [0.2, 0.25) is 0 Å². The van der Waals surface area contributed by atoms with E-state index < -0.39 is 18.3 Å². The number of aliphatic hydroxyl groups is 1. The highest BCUT2D eigenvalue weighted by atomic mass is 16.6. The summed E-state index contributed by atoms with van der Waals surface area (Å²) in [6.45, 7) is 2.80. The van der Waals surface area contributed by atoms with Crippen molar-refractivity contribution >= 4 is 11.9 Å². The Hall–Kier alpha value is -2.21. The average Bonchev–Trinajstić information content (AvgIpc) is 3.41. The number of hydrogen-bond acceptors (Lipinski definition) is 7. The Bertz CT molecular complexity index is 752. The van der Waals surface area contributed by atoms with Gasteiger partial charge < -0.3 is 34.9 Å². The number of amides is 3. The molecule has 1 aromatic rings. The molecule has 4 heterocycles. The Labute approximate surface area is 174 Å². The van der Waals surface area contributed by atoms with Crippen LogP contribution in [0.5, 0.6) is 0 Å². The molecule has 3 fully saturated rings. The summed E-state index contributed by atoms with van der Waals surface area (Å²) in [5, 5.41) is 20.3. The highest BCUT2D eigenvalue weighted by Crippen LogP contribution is 2.35. The van der Waals surface area contributed by atoms with Crippen molar-refractivity contribution in [3.63, 3.8) is 0 Å². The van der Waals surface area contributed by atoms with Crippen molar-refractivity contribution in [3.05, 3.63) is 18.0 Å². The van der Waals surface area contributed by atoms with E-state index in [0.717, 1.165) is 5.56 Å². The van der Waals surface area contributed by atoms with Crippen molar-refractivity contribution in [1.82, 2.24) is 25.3 Å².